The van der Waals surface area contributed by atoms with Crippen molar-refractivity contribution >= 4 is 11.9 Å². The quantitative estimate of drug-likeness (QED) is 0.0327. The van der Waals surface area contributed by atoms with Crippen molar-refractivity contribution in [3.05, 3.63) is 48.6 Å². The first kappa shape index (κ1) is 52.8. The fourth-order valence-corrected chi connectivity index (χ4v) is 6.97. The Morgan fingerprint density at radius 3 is 1.47 bits per heavy atom. The normalized spacial score (nSPS) is 13.8. The number of nitrogens with one attached hydrogen (secondary N) is 1. The summed E-state index contributed by atoms with van der Waals surface area (Å²) in [6.45, 7) is 6.30. The monoisotopic (exact) mass is 772 g/mol. The van der Waals surface area contributed by atoms with Crippen molar-refractivity contribution < 1.29 is 24.5 Å². The zero-order valence-corrected chi connectivity index (χ0v) is 36.3. The topological polar surface area (TPSA) is 95.9 Å². The lowest BCUT2D eigenvalue weighted by molar-refractivity contribution is -0.151. The van der Waals surface area contributed by atoms with Crippen molar-refractivity contribution in [1.82, 2.24) is 5.32 Å². The van der Waals surface area contributed by atoms with Crippen molar-refractivity contribution in [2.45, 2.75) is 244 Å². The summed E-state index contributed by atoms with van der Waals surface area (Å²) in [5.74, 6) is -0.523. The minimum absolute atomic E-state index is 0.0617. The molecule has 3 N–H and O–H groups in total. The van der Waals surface area contributed by atoms with Crippen molar-refractivity contribution in [2.24, 2.45) is 0 Å². The van der Waals surface area contributed by atoms with Crippen LogP contribution in [0.25, 0.3) is 0 Å². The molecule has 0 aliphatic carbocycles. The minimum Gasteiger partial charge on any atom is -0.462 e. The van der Waals surface area contributed by atoms with Gasteiger partial charge in [-0.05, 0) is 44.9 Å². The molecule has 0 aromatic rings. The third kappa shape index (κ3) is 38.5. The number of aliphatic hydroxyl groups excluding tert-OH is 2. The Bertz CT molecular complexity index is 957. The highest BCUT2D eigenvalue weighted by atomic mass is 16.5. The van der Waals surface area contributed by atoms with Gasteiger partial charge in [-0.2, -0.15) is 0 Å². The summed E-state index contributed by atoms with van der Waals surface area (Å²) < 4.78 is 5.85. The number of rotatable bonds is 41. The van der Waals surface area contributed by atoms with E-state index in [2.05, 4.69) is 44.3 Å². The Hall–Kier alpha value is -2.18. The summed E-state index contributed by atoms with van der Waals surface area (Å²) in [6, 6.07) is -0.706. The van der Waals surface area contributed by atoms with Gasteiger partial charge in [0.05, 0.1) is 25.2 Å². The van der Waals surface area contributed by atoms with Gasteiger partial charge in [0, 0.05) is 6.42 Å². The highest BCUT2D eigenvalue weighted by Crippen LogP contribution is 2.17. The fraction of sp³-hybridized carbons (Fsp3) is 0.796. The lowest BCUT2D eigenvalue weighted by Crippen LogP contribution is -2.46. The number of aliphatic hydroxyl groups is 2. The number of esters is 1. The van der Waals surface area contributed by atoms with E-state index >= 15 is 0 Å². The Kier molecular flexibility index (Phi) is 41.2. The van der Waals surface area contributed by atoms with E-state index in [4.69, 9.17) is 4.74 Å². The van der Waals surface area contributed by atoms with Crippen LogP contribution in [0.3, 0.4) is 0 Å². The van der Waals surface area contributed by atoms with Crippen LogP contribution in [0.15, 0.2) is 48.6 Å². The Morgan fingerprint density at radius 2 is 0.982 bits per heavy atom. The van der Waals surface area contributed by atoms with E-state index < -0.39 is 18.2 Å². The Balaban J connectivity index is 4.43. The molecule has 6 heteroatoms. The average molecular weight is 772 g/mol. The maximum atomic E-state index is 13.1. The summed E-state index contributed by atoms with van der Waals surface area (Å²) in [6.07, 6.45) is 50.4. The summed E-state index contributed by atoms with van der Waals surface area (Å²) >= 11 is 0. The van der Waals surface area contributed by atoms with Gasteiger partial charge in [0.1, 0.15) is 6.10 Å². The molecule has 0 aromatic carbocycles. The maximum absolute atomic E-state index is 13.1. The third-order valence-electron chi connectivity index (χ3n) is 10.5. The van der Waals surface area contributed by atoms with Gasteiger partial charge >= 0.3 is 5.97 Å². The summed E-state index contributed by atoms with van der Waals surface area (Å²) in [5.41, 5.74) is 0. The molecule has 6 nitrogen and oxygen atoms in total. The molecule has 55 heavy (non-hydrogen) atoms. The molecule has 1 amide bonds. The molecule has 0 rings (SSSR count). The van der Waals surface area contributed by atoms with Crippen LogP contribution in [0.2, 0.25) is 0 Å². The minimum atomic E-state index is -0.791. The smallest absolute Gasteiger partial charge is 0.306 e. The van der Waals surface area contributed by atoms with Crippen LogP contribution >= 0.6 is 0 Å². The number of hydrogen-bond acceptors (Lipinski definition) is 5. The lowest BCUT2D eigenvalue weighted by Gasteiger charge is -2.24. The number of carbonyl (C=O) groups is 2. The molecule has 0 radical (unpaired) electrons. The van der Waals surface area contributed by atoms with Crippen LogP contribution in [0.4, 0.5) is 0 Å². The van der Waals surface area contributed by atoms with Gasteiger partial charge in [-0.1, -0.05) is 217 Å². The van der Waals surface area contributed by atoms with Crippen molar-refractivity contribution in [1.29, 1.82) is 0 Å². The Morgan fingerprint density at radius 1 is 0.545 bits per heavy atom. The molecule has 0 heterocycles. The van der Waals surface area contributed by atoms with Gasteiger partial charge < -0.3 is 20.3 Å². The standard InChI is InChI=1S/C49H89NO5/c1-4-7-10-13-16-18-20-22-23-24-26-27-29-32-35-38-41-47(52)46(44-51)50-48(53)43-45(40-37-34-31-15-12-9-6-3)55-49(54)42-39-36-33-30-28-25-21-19-17-14-11-8-5-2/h8,11,14,17,19,21,25,28,45-47,51-52H,4-7,9-10,12-13,15-16,18,20,22-24,26-27,29-44H2,1-3H3,(H,50,53)/b11-8+,17-14+,21-19-,28-25-. The van der Waals surface area contributed by atoms with Crippen molar-refractivity contribution in [3.8, 4) is 0 Å². The van der Waals surface area contributed by atoms with E-state index in [0.29, 0.717) is 19.3 Å². The molecule has 0 fully saturated rings. The van der Waals surface area contributed by atoms with Gasteiger partial charge in [-0.3, -0.25) is 9.59 Å². The largest absolute Gasteiger partial charge is 0.462 e. The molecule has 3 unspecified atom stereocenters. The first-order valence-corrected chi connectivity index (χ1v) is 23.4. The van der Waals surface area contributed by atoms with Gasteiger partial charge in [0.15, 0.2) is 0 Å². The predicted octanol–water partition coefficient (Wildman–Crippen LogP) is 13.5. The van der Waals surface area contributed by atoms with Gasteiger partial charge in [-0.25, -0.2) is 0 Å². The number of hydrogen-bond donors (Lipinski definition) is 3. The third-order valence-corrected chi connectivity index (χ3v) is 10.5. The van der Waals surface area contributed by atoms with E-state index in [1.807, 2.05) is 30.4 Å². The van der Waals surface area contributed by atoms with Gasteiger partial charge in [0.25, 0.3) is 0 Å². The van der Waals surface area contributed by atoms with Crippen molar-refractivity contribution in [2.75, 3.05) is 6.61 Å². The lowest BCUT2D eigenvalue weighted by atomic mass is 10.0. The SMILES string of the molecule is CC/C=C/C=C/C=C\C=C/CCCCCC(=O)OC(CCCCCCCCC)CC(=O)NC(CO)C(O)CCCCCCCCCCCCCCCCCC. The van der Waals surface area contributed by atoms with E-state index in [0.717, 1.165) is 70.6 Å². The number of carbonyl (C=O) groups excluding carboxylic acids is 2. The first-order valence-electron chi connectivity index (χ1n) is 23.4. The number of ether oxygens (including phenoxy) is 1. The number of amides is 1. The maximum Gasteiger partial charge on any atom is 0.306 e. The van der Waals surface area contributed by atoms with E-state index in [-0.39, 0.29) is 24.9 Å². The highest BCUT2D eigenvalue weighted by Gasteiger charge is 2.24. The highest BCUT2D eigenvalue weighted by molar-refractivity contribution is 5.77. The second-order valence-corrected chi connectivity index (χ2v) is 15.9. The molecule has 0 aromatic heterocycles. The summed E-state index contributed by atoms with van der Waals surface area (Å²) in [5, 5.41) is 23.6. The first-order chi connectivity index (χ1) is 27.0. The zero-order chi connectivity index (χ0) is 40.3. The molecule has 0 aliphatic heterocycles. The molecule has 3 atom stereocenters. The second-order valence-electron chi connectivity index (χ2n) is 15.9. The zero-order valence-electron chi connectivity index (χ0n) is 36.3. The number of allylic oxidation sites excluding steroid dienone is 8. The molecular formula is C49H89NO5. The molecule has 0 aliphatic rings. The predicted molar refractivity (Wildman–Crippen MR) is 236 cm³/mol. The van der Waals surface area contributed by atoms with Crippen LogP contribution < -0.4 is 5.32 Å². The fourth-order valence-electron chi connectivity index (χ4n) is 6.97. The van der Waals surface area contributed by atoms with E-state index in [1.165, 1.54) is 109 Å². The van der Waals surface area contributed by atoms with Crippen LogP contribution in [-0.2, 0) is 14.3 Å². The van der Waals surface area contributed by atoms with Gasteiger partial charge in [-0.15, -0.1) is 0 Å². The number of unbranched alkanes of at least 4 members (excludes halogenated alkanes) is 24. The van der Waals surface area contributed by atoms with Crippen LogP contribution in [0.1, 0.15) is 226 Å². The van der Waals surface area contributed by atoms with Crippen LogP contribution in [-0.4, -0.2) is 46.9 Å². The van der Waals surface area contributed by atoms with Crippen molar-refractivity contribution in [3.63, 3.8) is 0 Å². The molecule has 320 valence electrons. The van der Waals surface area contributed by atoms with E-state index in [9.17, 15) is 19.8 Å². The average Bonchev–Trinajstić information content (AvgIpc) is 3.18. The molecule has 0 saturated carbocycles. The summed E-state index contributed by atoms with van der Waals surface area (Å²) in [7, 11) is 0. The molecule has 0 saturated heterocycles. The second kappa shape index (κ2) is 43.0. The van der Waals surface area contributed by atoms with Crippen LogP contribution in [0.5, 0.6) is 0 Å². The van der Waals surface area contributed by atoms with E-state index in [1.54, 1.807) is 0 Å². The molecule has 0 bridgehead atoms. The summed E-state index contributed by atoms with van der Waals surface area (Å²) in [4.78, 5) is 25.9. The van der Waals surface area contributed by atoms with Crippen LogP contribution in [0, 0.1) is 0 Å². The molecule has 0 spiro atoms. The van der Waals surface area contributed by atoms with Gasteiger partial charge in [0.2, 0.25) is 5.91 Å². The Labute approximate surface area is 340 Å². The molecular weight excluding hydrogens is 683 g/mol.